The first kappa shape index (κ1) is 13.9. The molecule has 1 aromatic carbocycles. The molecule has 2 aromatic rings. The molecule has 3 nitrogen and oxygen atoms in total. The number of hydrogen-bond donors (Lipinski definition) is 0. The van der Waals surface area contributed by atoms with Gasteiger partial charge in [0.05, 0.1) is 6.20 Å². The quantitative estimate of drug-likeness (QED) is 0.850. The molecule has 0 amide bonds. The third kappa shape index (κ3) is 3.29. The number of ether oxygens (including phenoxy) is 1. The van der Waals surface area contributed by atoms with Crippen LogP contribution in [-0.4, -0.2) is 9.55 Å². The van der Waals surface area contributed by atoms with Gasteiger partial charge in [-0.3, -0.25) is 0 Å². The van der Waals surface area contributed by atoms with Crippen molar-refractivity contribution in [1.29, 1.82) is 0 Å². The highest BCUT2D eigenvalue weighted by atomic mass is 35.5. The summed E-state index contributed by atoms with van der Waals surface area (Å²) in [5.41, 5.74) is 1.45. The number of benzene rings is 1. The Hall–Kier alpha value is -1.48. The molecule has 0 aliphatic rings. The number of aromatic nitrogens is 2. The van der Waals surface area contributed by atoms with Crippen LogP contribution in [0, 0.1) is 0 Å². The normalized spacial score (nSPS) is 11.6. The first-order valence-corrected chi connectivity index (χ1v) is 6.65. The summed E-state index contributed by atoms with van der Waals surface area (Å²) in [5.74, 6) is 1.65. The van der Waals surface area contributed by atoms with Crippen LogP contribution >= 0.6 is 11.6 Å². The van der Waals surface area contributed by atoms with Gasteiger partial charge in [-0.15, -0.1) is 0 Å². The Morgan fingerprint density at radius 2 is 1.84 bits per heavy atom. The highest BCUT2D eigenvalue weighted by Crippen LogP contribution is 2.24. The molecule has 0 N–H and O–H groups in total. The monoisotopic (exact) mass is 278 g/mol. The molecule has 19 heavy (non-hydrogen) atoms. The molecule has 1 aromatic heterocycles. The molecule has 0 aliphatic heterocycles. The molecular weight excluding hydrogens is 260 g/mol. The largest absolute Gasteiger partial charge is 0.486 e. The van der Waals surface area contributed by atoms with Crippen molar-refractivity contribution in [3.05, 3.63) is 47.0 Å². The van der Waals surface area contributed by atoms with E-state index in [0.717, 1.165) is 11.6 Å². The van der Waals surface area contributed by atoms with E-state index in [0.29, 0.717) is 11.8 Å². The van der Waals surface area contributed by atoms with Crippen LogP contribution in [0.25, 0.3) is 0 Å². The van der Waals surface area contributed by atoms with Gasteiger partial charge >= 0.3 is 0 Å². The van der Waals surface area contributed by atoms with Gasteiger partial charge in [-0.2, -0.15) is 0 Å². The first-order chi connectivity index (χ1) is 8.88. The van der Waals surface area contributed by atoms with Crippen LogP contribution in [0.3, 0.4) is 0 Å². The Labute approximate surface area is 119 Å². The van der Waals surface area contributed by atoms with E-state index in [9.17, 15) is 0 Å². The first-order valence-electron chi connectivity index (χ1n) is 6.27. The van der Waals surface area contributed by atoms with Crippen molar-refractivity contribution in [2.45, 2.75) is 32.8 Å². The van der Waals surface area contributed by atoms with E-state index in [1.54, 1.807) is 6.20 Å². The topological polar surface area (TPSA) is 27.1 Å². The standard InChI is InChI=1S/C15H19ClN2O/c1-15(2,3)11-5-7-12(8-6-11)19-10-14-17-9-13(16)18(14)4/h5-9H,10H2,1-4H3. The van der Waals surface area contributed by atoms with Crippen LogP contribution in [0.2, 0.25) is 5.15 Å². The van der Waals surface area contributed by atoms with Crippen molar-refractivity contribution in [2.75, 3.05) is 0 Å². The molecular formula is C15H19ClN2O. The summed E-state index contributed by atoms with van der Waals surface area (Å²) in [7, 11) is 1.87. The van der Waals surface area contributed by atoms with Crippen LogP contribution in [0.15, 0.2) is 30.5 Å². The van der Waals surface area contributed by atoms with Crippen molar-refractivity contribution >= 4 is 11.6 Å². The number of halogens is 1. The Balaban J connectivity index is 2.03. The van der Waals surface area contributed by atoms with Gasteiger partial charge in [-0.1, -0.05) is 44.5 Å². The van der Waals surface area contributed by atoms with Gasteiger partial charge < -0.3 is 9.30 Å². The third-order valence-electron chi connectivity index (χ3n) is 3.12. The van der Waals surface area contributed by atoms with Crippen molar-refractivity contribution in [2.24, 2.45) is 7.05 Å². The Morgan fingerprint density at radius 1 is 1.21 bits per heavy atom. The molecule has 0 fully saturated rings. The smallest absolute Gasteiger partial charge is 0.147 e. The Bertz CT molecular complexity index is 553. The molecule has 0 atom stereocenters. The molecule has 1 heterocycles. The summed E-state index contributed by atoms with van der Waals surface area (Å²) >= 11 is 5.93. The van der Waals surface area contributed by atoms with Crippen LogP contribution < -0.4 is 4.74 Å². The van der Waals surface area contributed by atoms with Gasteiger partial charge in [0.1, 0.15) is 23.3 Å². The van der Waals surface area contributed by atoms with Crippen LogP contribution in [0.4, 0.5) is 0 Å². The Kier molecular flexibility index (Phi) is 3.85. The molecule has 0 spiro atoms. The second-order valence-electron chi connectivity index (χ2n) is 5.62. The number of nitrogens with zero attached hydrogens (tertiary/aromatic N) is 2. The van der Waals surface area contributed by atoms with Crippen LogP contribution in [-0.2, 0) is 19.1 Å². The van der Waals surface area contributed by atoms with Crippen molar-refractivity contribution in [3.8, 4) is 5.75 Å². The maximum Gasteiger partial charge on any atom is 0.147 e. The molecule has 2 rings (SSSR count). The van der Waals surface area contributed by atoms with Gasteiger partial charge in [-0.25, -0.2) is 4.98 Å². The molecule has 0 saturated carbocycles. The van der Waals surface area contributed by atoms with E-state index in [-0.39, 0.29) is 5.41 Å². The van der Waals surface area contributed by atoms with E-state index in [4.69, 9.17) is 16.3 Å². The summed E-state index contributed by atoms with van der Waals surface area (Å²) in [6.07, 6.45) is 1.63. The Morgan fingerprint density at radius 3 is 2.32 bits per heavy atom. The fourth-order valence-corrected chi connectivity index (χ4v) is 1.90. The summed E-state index contributed by atoms with van der Waals surface area (Å²) in [5, 5.41) is 0.613. The molecule has 0 unspecified atom stereocenters. The minimum Gasteiger partial charge on any atom is -0.486 e. The predicted octanol–water partition coefficient (Wildman–Crippen LogP) is 3.95. The lowest BCUT2D eigenvalue weighted by Crippen LogP contribution is -2.10. The van der Waals surface area contributed by atoms with Crippen molar-refractivity contribution < 1.29 is 4.74 Å². The molecule has 4 heteroatoms. The average molecular weight is 279 g/mol. The van der Waals surface area contributed by atoms with Crippen LogP contribution in [0.1, 0.15) is 32.2 Å². The SMILES string of the molecule is Cn1c(Cl)cnc1COc1ccc(C(C)(C)C)cc1. The van der Waals surface area contributed by atoms with Gasteiger partial charge in [0.15, 0.2) is 0 Å². The summed E-state index contributed by atoms with van der Waals surface area (Å²) in [6.45, 7) is 6.99. The maximum absolute atomic E-state index is 5.93. The fraction of sp³-hybridized carbons (Fsp3) is 0.400. The number of imidazole rings is 1. The third-order valence-corrected chi connectivity index (χ3v) is 3.47. The van der Waals surface area contributed by atoms with E-state index in [1.807, 2.05) is 23.7 Å². The summed E-state index contributed by atoms with van der Waals surface area (Å²) < 4.78 is 7.52. The minimum absolute atomic E-state index is 0.158. The zero-order valence-corrected chi connectivity index (χ0v) is 12.5. The van der Waals surface area contributed by atoms with Gasteiger partial charge in [0.2, 0.25) is 0 Å². The lowest BCUT2D eigenvalue weighted by atomic mass is 9.87. The predicted molar refractivity (Wildman–Crippen MR) is 77.7 cm³/mol. The van der Waals surface area contributed by atoms with Gasteiger partial charge in [0, 0.05) is 7.05 Å². The summed E-state index contributed by atoms with van der Waals surface area (Å²) in [4.78, 5) is 4.19. The van der Waals surface area contributed by atoms with Crippen molar-refractivity contribution in [1.82, 2.24) is 9.55 Å². The highest BCUT2D eigenvalue weighted by Gasteiger charge is 2.13. The zero-order valence-electron chi connectivity index (χ0n) is 11.8. The molecule has 0 bridgehead atoms. The lowest BCUT2D eigenvalue weighted by Gasteiger charge is -2.19. The lowest BCUT2D eigenvalue weighted by molar-refractivity contribution is 0.291. The fourth-order valence-electron chi connectivity index (χ4n) is 1.76. The van der Waals surface area contributed by atoms with Gasteiger partial charge in [0.25, 0.3) is 0 Å². The highest BCUT2D eigenvalue weighted by molar-refractivity contribution is 6.29. The second-order valence-corrected chi connectivity index (χ2v) is 6.01. The average Bonchev–Trinajstić information content (AvgIpc) is 2.67. The molecule has 0 radical (unpaired) electrons. The summed E-state index contributed by atoms with van der Waals surface area (Å²) in [6, 6.07) is 8.18. The molecule has 0 saturated heterocycles. The van der Waals surface area contributed by atoms with Crippen LogP contribution in [0.5, 0.6) is 5.75 Å². The second kappa shape index (κ2) is 5.25. The van der Waals surface area contributed by atoms with E-state index >= 15 is 0 Å². The minimum atomic E-state index is 0.158. The van der Waals surface area contributed by atoms with E-state index < -0.39 is 0 Å². The zero-order chi connectivity index (χ0) is 14.0. The van der Waals surface area contributed by atoms with E-state index in [1.165, 1.54) is 5.56 Å². The van der Waals surface area contributed by atoms with Crippen molar-refractivity contribution in [3.63, 3.8) is 0 Å². The molecule has 0 aliphatic carbocycles. The van der Waals surface area contributed by atoms with E-state index in [2.05, 4.69) is 37.9 Å². The maximum atomic E-state index is 5.93. The molecule has 102 valence electrons. The van der Waals surface area contributed by atoms with Gasteiger partial charge in [-0.05, 0) is 23.1 Å². The number of rotatable bonds is 3. The number of hydrogen-bond acceptors (Lipinski definition) is 2.